The fraction of sp³-hybridized carbons (Fsp3) is 0.0500. The number of alkyl halides is 3. The number of nitrogens with two attached hydrogens (primary N) is 1. The van der Waals surface area contributed by atoms with E-state index in [9.17, 15) is 27.1 Å². The van der Waals surface area contributed by atoms with Crippen molar-refractivity contribution in [3.05, 3.63) is 77.4 Å². The molecule has 4 N–H and O–H groups in total. The van der Waals surface area contributed by atoms with Gasteiger partial charge in [-0.2, -0.15) is 13.2 Å². The molecule has 0 aliphatic heterocycles. The summed E-state index contributed by atoms with van der Waals surface area (Å²) in [6, 6.07) is 8.89. The van der Waals surface area contributed by atoms with E-state index >= 15 is 0 Å². The third kappa shape index (κ3) is 3.98. The topological polar surface area (TPSA) is 78.8 Å². The molecule has 0 saturated carbocycles. The molecule has 3 aromatic rings. The van der Waals surface area contributed by atoms with Crippen LogP contribution in [0.25, 0.3) is 22.3 Å². The zero-order chi connectivity index (χ0) is 21.3. The summed E-state index contributed by atoms with van der Waals surface area (Å²) in [5, 5.41) is 21.3. The van der Waals surface area contributed by atoms with E-state index in [1.807, 2.05) is 0 Å². The van der Waals surface area contributed by atoms with Crippen LogP contribution < -0.4 is 5.73 Å². The first kappa shape index (κ1) is 20.1. The maximum atomic E-state index is 14.5. The molecule has 0 spiro atoms. The lowest BCUT2D eigenvalue weighted by molar-refractivity contribution is -0.137. The predicted molar refractivity (Wildman–Crippen MR) is 96.4 cm³/mol. The molecule has 0 saturated heterocycles. The summed E-state index contributed by atoms with van der Waals surface area (Å²) in [4.78, 5) is 0. The van der Waals surface area contributed by atoms with Gasteiger partial charge >= 0.3 is 6.18 Å². The van der Waals surface area contributed by atoms with Crippen LogP contribution in [0.5, 0.6) is 5.75 Å². The van der Waals surface area contributed by atoms with Crippen LogP contribution in [0, 0.1) is 11.6 Å². The monoisotopic (exact) mass is 408 g/mol. The molecule has 29 heavy (non-hydrogen) atoms. The number of oxime groups is 1. The molecule has 0 amide bonds. The number of hydrogen-bond acceptors (Lipinski definition) is 3. The molecule has 0 aromatic heterocycles. The summed E-state index contributed by atoms with van der Waals surface area (Å²) >= 11 is 0. The maximum absolute atomic E-state index is 14.5. The second-order valence-corrected chi connectivity index (χ2v) is 6.10. The smallest absolute Gasteiger partial charge is 0.416 e. The SMILES string of the molecule is N/C(=N\O)c1cc(C(F)(F)F)cc(-c2ccc(O)cc2)c1-c1cc(F)ccc1F. The van der Waals surface area contributed by atoms with Crippen molar-refractivity contribution < 1.29 is 32.3 Å². The lowest BCUT2D eigenvalue weighted by atomic mass is 9.87. The number of benzene rings is 3. The van der Waals surface area contributed by atoms with Gasteiger partial charge < -0.3 is 16.0 Å². The van der Waals surface area contributed by atoms with E-state index < -0.39 is 34.8 Å². The summed E-state index contributed by atoms with van der Waals surface area (Å²) in [7, 11) is 0. The van der Waals surface area contributed by atoms with Gasteiger partial charge in [0.25, 0.3) is 0 Å². The highest BCUT2D eigenvalue weighted by Crippen LogP contribution is 2.41. The Morgan fingerprint density at radius 1 is 0.897 bits per heavy atom. The van der Waals surface area contributed by atoms with Gasteiger partial charge in [0, 0.05) is 16.7 Å². The number of hydrogen-bond donors (Lipinski definition) is 3. The lowest BCUT2D eigenvalue weighted by Gasteiger charge is -2.19. The van der Waals surface area contributed by atoms with Crippen molar-refractivity contribution in [2.45, 2.75) is 6.18 Å². The van der Waals surface area contributed by atoms with Crippen LogP contribution in [0.1, 0.15) is 11.1 Å². The number of aromatic hydroxyl groups is 1. The van der Waals surface area contributed by atoms with E-state index in [4.69, 9.17) is 10.9 Å². The summed E-state index contributed by atoms with van der Waals surface area (Å²) in [6.45, 7) is 0. The first-order valence-corrected chi connectivity index (χ1v) is 8.09. The second kappa shape index (κ2) is 7.42. The molecule has 0 heterocycles. The van der Waals surface area contributed by atoms with Gasteiger partial charge in [0.05, 0.1) is 5.56 Å². The molecule has 9 heteroatoms. The number of phenols is 1. The van der Waals surface area contributed by atoms with Crippen LogP contribution in [-0.2, 0) is 6.18 Å². The van der Waals surface area contributed by atoms with E-state index in [2.05, 4.69) is 5.16 Å². The number of amidine groups is 1. The van der Waals surface area contributed by atoms with Crippen LogP contribution >= 0.6 is 0 Å². The van der Waals surface area contributed by atoms with E-state index in [0.717, 1.165) is 24.3 Å². The minimum Gasteiger partial charge on any atom is -0.508 e. The molecule has 3 rings (SSSR count). The number of rotatable bonds is 3. The normalized spacial score (nSPS) is 12.2. The van der Waals surface area contributed by atoms with Crippen LogP contribution in [-0.4, -0.2) is 16.1 Å². The molecule has 150 valence electrons. The highest BCUT2D eigenvalue weighted by atomic mass is 19.4. The van der Waals surface area contributed by atoms with Gasteiger partial charge in [-0.1, -0.05) is 17.3 Å². The predicted octanol–water partition coefficient (Wildman–Crippen LogP) is 5.12. The molecule has 0 atom stereocenters. The van der Waals surface area contributed by atoms with Gasteiger partial charge in [0.1, 0.15) is 17.4 Å². The Kier molecular flexibility index (Phi) is 5.15. The minimum absolute atomic E-state index is 0.143. The van der Waals surface area contributed by atoms with Crippen LogP contribution in [0.2, 0.25) is 0 Å². The largest absolute Gasteiger partial charge is 0.508 e. The molecular formula is C20H13F5N2O2. The highest BCUT2D eigenvalue weighted by molar-refractivity contribution is 6.07. The molecule has 4 nitrogen and oxygen atoms in total. The molecular weight excluding hydrogens is 395 g/mol. The lowest BCUT2D eigenvalue weighted by Crippen LogP contribution is -2.17. The number of phenolic OH excluding ortho intramolecular Hbond substituents is 1. The van der Waals surface area contributed by atoms with E-state index in [0.29, 0.717) is 6.07 Å². The molecule has 0 unspecified atom stereocenters. The van der Waals surface area contributed by atoms with Gasteiger partial charge in [-0.05, 0) is 53.6 Å². The van der Waals surface area contributed by atoms with Crippen molar-refractivity contribution in [1.29, 1.82) is 0 Å². The average molecular weight is 408 g/mol. The zero-order valence-electron chi connectivity index (χ0n) is 14.5. The first-order valence-electron chi connectivity index (χ1n) is 8.09. The van der Waals surface area contributed by atoms with Gasteiger partial charge in [0.2, 0.25) is 0 Å². The Balaban J connectivity index is 2.49. The Bertz CT molecular complexity index is 1090. The summed E-state index contributed by atoms with van der Waals surface area (Å²) in [5.41, 5.74) is 3.46. The van der Waals surface area contributed by atoms with Crippen LogP contribution in [0.4, 0.5) is 22.0 Å². The van der Waals surface area contributed by atoms with Crippen molar-refractivity contribution in [2.75, 3.05) is 0 Å². The third-order valence-corrected chi connectivity index (χ3v) is 4.23. The fourth-order valence-electron chi connectivity index (χ4n) is 2.91. The second-order valence-electron chi connectivity index (χ2n) is 6.10. The van der Waals surface area contributed by atoms with E-state index in [1.165, 1.54) is 24.3 Å². The Morgan fingerprint density at radius 3 is 2.14 bits per heavy atom. The van der Waals surface area contributed by atoms with Crippen molar-refractivity contribution >= 4 is 5.84 Å². The first-order chi connectivity index (χ1) is 13.6. The Hall–Kier alpha value is -3.62. The summed E-state index contributed by atoms with van der Waals surface area (Å²) in [6.07, 6.45) is -4.80. The standard InChI is InChI=1S/C20H13F5N2O2/c21-12-3-6-17(22)15(9-12)18-14(10-1-4-13(28)5-2-10)7-11(20(23,24)25)8-16(18)19(26)27-29/h1-9,28-29H,(H2,26,27). The molecule has 0 bridgehead atoms. The van der Waals surface area contributed by atoms with E-state index in [-0.39, 0.29) is 28.0 Å². The van der Waals surface area contributed by atoms with Crippen molar-refractivity contribution in [1.82, 2.24) is 0 Å². The minimum atomic E-state index is -4.80. The summed E-state index contributed by atoms with van der Waals surface area (Å²) in [5.74, 6) is -2.60. The number of halogens is 5. The van der Waals surface area contributed by atoms with Crippen molar-refractivity contribution in [3.63, 3.8) is 0 Å². The van der Waals surface area contributed by atoms with Gasteiger partial charge in [0.15, 0.2) is 5.84 Å². The molecule has 0 radical (unpaired) electrons. The third-order valence-electron chi connectivity index (χ3n) is 4.23. The maximum Gasteiger partial charge on any atom is 0.416 e. The zero-order valence-corrected chi connectivity index (χ0v) is 14.5. The Labute approximate surface area is 161 Å². The quantitative estimate of drug-likeness (QED) is 0.185. The summed E-state index contributed by atoms with van der Waals surface area (Å²) < 4.78 is 68.7. The average Bonchev–Trinajstić information content (AvgIpc) is 2.68. The molecule has 0 aliphatic rings. The van der Waals surface area contributed by atoms with Gasteiger partial charge in [-0.3, -0.25) is 0 Å². The Morgan fingerprint density at radius 2 is 1.55 bits per heavy atom. The van der Waals surface area contributed by atoms with Crippen molar-refractivity contribution in [2.24, 2.45) is 10.9 Å². The molecule has 0 aliphatic carbocycles. The van der Waals surface area contributed by atoms with Crippen molar-refractivity contribution in [3.8, 4) is 28.0 Å². The molecule has 3 aromatic carbocycles. The van der Waals surface area contributed by atoms with E-state index in [1.54, 1.807) is 0 Å². The van der Waals surface area contributed by atoms with Crippen LogP contribution in [0.3, 0.4) is 0 Å². The molecule has 0 fully saturated rings. The van der Waals surface area contributed by atoms with Gasteiger partial charge in [-0.25, -0.2) is 8.78 Å². The highest BCUT2D eigenvalue weighted by Gasteiger charge is 2.33. The van der Waals surface area contributed by atoms with Gasteiger partial charge in [-0.15, -0.1) is 0 Å². The fourth-order valence-corrected chi connectivity index (χ4v) is 2.91. The van der Waals surface area contributed by atoms with Crippen LogP contribution in [0.15, 0.2) is 59.8 Å². The number of nitrogens with zero attached hydrogens (tertiary/aromatic N) is 1.